The monoisotopic (exact) mass is 550 g/mol. The number of hydrogen-bond donors (Lipinski definition) is 3. The average molecular weight is 551 g/mol. The Bertz CT molecular complexity index is 1560. The predicted octanol–water partition coefficient (Wildman–Crippen LogP) is 6.35. The fourth-order valence-electron chi connectivity index (χ4n) is 4.25. The van der Waals surface area contributed by atoms with Gasteiger partial charge >= 0.3 is 12.4 Å². The summed E-state index contributed by atoms with van der Waals surface area (Å²) in [5.74, 6) is -0.991. The van der Waals surface area contributed by atoms with Crippen molar-refractivity contribution >= 4 is 17.6 Å². The van der Waals surface area contributed by atoms with Crippen molar-refractivity contribution in [3.8, 4) is 22.8 Å². The molecule has 0 unspecified atom stereocenters. The fourth-order valence-corrected chi connectivity index (χ4v) is 4.25. The zero-order valence-corrected chi connectivity index (χ0v) is 21.3. The van der Waals surface area contributed by atoms with Crippen molar-refractivity contribution in [2.75, 3.05) is 5.32 Å². The molecule has 1 aliphatic rings. The van der Waals surface area contributed by atoms with Gasteiger partial charge in [0.05, 0.1) is 11.4 Å². The maximum Gasteiger partial charge on any atom is 0.573 e. The first-order valence-electron chi connectivity index (χ1n) is 12.5. The Balaban J connectivity index is 1.29. The highest BCUT2D eigenvalue weighted by atomic mass is 19.4. The molecule has 1 aliphatic carbocycles. The summed E-state index contributed by atoms with van der Waals surface area (Å²) in [6.45, 7) is 2.32. The fraction of sp³-hybridized carbons (Fsp3) is 0.207. The van der Waals surface area contributed by atoms with Gasteiger partial charge in [0.2, 0.25) is 0 Å². The third kappa shape index (κ3) is 6.25. The van der Waals surface area contributed by atoms with Gasteiger partial charge in [-0.05, 0) is 73.4 Å². The molecule has 40 heavy (non-hydrogen) atoms. The number of alkyl halides is 3. The van der Waals surface area contributed by atoms with Crippen LogP contribution in [0.5, 0.6) is 11.5 Å². The normalized spacial score (nSPS) is 13.1. The van der Waals surface area contributed by atoms with Gasteiger partial charge in [-0.2, -0.15) is 9.78 Å². The standard InChI is InChI=1S/C29H25F3N4O4/c1-17-4-2-3-5-20(17)16-33-28(39)36-25(18-6-7-18)15-24(35-36)23-13-10-21(14-26(23)37)34-27(38)19-8-11-22(12-9-19)40-29(30,31)32/h2-5,8-15,18,37H,6-7,16H2,1H3,(H,33,39)(H,34,38). The molecule has 4 aromatic rings. The van der Waals surface area contributed by atoms with E-state index in [4.69, 9.17) is 0 Å². The van der Waals surface area contributed by atoms with Crippen LogP contribution in [0.1, 0.15) is 45.9 Å². The molecule has 0 saturated heterocycles. The summed E-state index contributed by atoms with van der Waals surface area (Å²) in [5.41, 5.74) is 3.96. The van der Waals surface area contributed by atoms with Gasteiger partial charge < -0.3 is 20.5 Å². The van der Waals surface area contributed by atoms with E-state index >= 15 is 0 Å². The average Bonchev–Trinajstić information content (AvgIpc) is 3.66. The minimum Gasteiger partial charge on any atom is -0.507 e. The Labute approximate surface area is 227 Å². The van der Waals surface area contributed by atoms with Crippen LogP contribution >= 0.6 is 0 Å². The Morgan fingerprint density at radius 1 is 1.05 bits per heavy atom. The van der Waals surface area contributed by atoms with Crippen molar-refractivity contribution in [1.29, 1.82) is 0 Å². The van der Waals surface area contributed by atoms with Crippen molar-refractivity contribution in [2.24, 2.45) is 0 Å². The van der Waals surface area contributed by atoms with Crippen molar-refractivity contribution < 1.29 is 32.6 Å². The van der Waals surface area contributed by atoms with E-state index in [0.29, 0.717) is 17.8 Å². The summed E-state index contributed by atoms with van der Waals surface area (Å²) in [7, 11) is 0. The zero-order chi connectivity index (χ0) is 28.4. The lowest BCUT2D eigenvalue weighted by atomic mass is 10.1. The Morgan fingerprint density at radius 2 is 1.77 bits per heavy atom. The van der Waals surface area contributed by atoms with Crippen molar-refractivity contribution in [3.63, 3.8) is 0 Å². The zero-order valence-electron chi connectivity index (χ0n) is 21.3. The predicted molar refractivity (Wildman–Crippen MR) is 141 cm³/mol. The molecular weight excluding hydrogens is 525 g/mol. The number of hydrogen-bond acceptors (Lipinski definition) is 5. The van der Waals surface area contributed by atoms with Crippen molar-refractivity contribution in [2.45, 2.75) is 38.6 Å². The van der Waals surface area contributed by atoms with Crippen LogP contribution < -0.4 is 15.4 Å². The molecule has 0 bridgehead atoms. The lowest BCUT2D eigenvalue weighted by molar-refractivity contribution is -0.274. The minimum absolute atomic E-state index is 0.0996. The SMILES string of the molecule is Cc1ccccc1CNC(=O)n1nc(-c2ccc(NC(=O)c3ccc(OC(F)(F)F)cc3)cc2O)cc1C1CC1. The number of carbonyl (C=O) groups is 2. The Hall–Kier alpha value is -4.80. The highest BCUT2D eigenvalue weighted by Crippen LogP contribution is 2.42. The van der Waals surface area contributed by atoms with Crippen LogP contribution in [-0.2, 0) is 6.54 Å². The van der Waals surface area contributed by atoms with E-state index in [9.17, 15) is 27.9 Å². The third-order valence-corrected chi connectivity index (χ3v) is 6.50. The number of aromatic hydroxyl groups is 1. The van der Waals surface area contributed by atoms with Gasteiger partial charge in [-0.25, -0.2) is 4.79 Å². The molecular formula is C29H25F3N4O4. The molecule has 0 spiro atoms. The number of nitrogens with one attached hydrogen (secondary N) is 2. The number of anilines is 1. The van der Waals surface area contributed by atoms with Crippen LogP contribution in [0.3, 0.4) is 0 Å². The molecule has 5 rings (SSSR count). The van der Waals surface area contributed by atoms with E-state index in [1.807, 2.05) is 31.2 Å². The second-order valence-corrected chi connectivity index (χ2v) is 9.48. The lowest BCUT2D eigenvalue weighted by Gasteiger charge is -2.10. The van der Waals surface area contributed by atoms with E-state index in [1.54, 1.807) is 18.2 Å². The van der Waals surface area contributed by atoms with E-state index in [2.05, 4.69) is 20.5 Å². The van der Waals surface area contributed by atoms with Gasteiger partial charge in [0.25, 0.3) is 5.91 Å². The van der Waals surface area contributed by atoms with E-state index in [1.165, 1.54) is 22.9 Å². The highest BCUT2D eigenvalue weighted by molar-refractivity contribution is 6.04. The molecule has 1 saturated carbocycles. The summed E-state index contributed by atoms with van der Waals surface area (Å²) in [6, 6.07) is 18.1. The van der Waals surface area contributed by atoms with Crippen molar-refractivity contribution in [1.82, 2.24) is 15.1 Å². The van der Waals surface area contributed by atoms with E-state index < -0.39 is 18.0 Å². The van der Waals surface area contributed by atoms with Crippen LogP contribution in [0.15, 0.2) is 72.8 Å². The summed E-state index contributed by atoms with van der Waals surface area (Å²) in [5, 5.41) is 20.7. The second-order valence-electron chi connectivity index (χ2n) is 9.48. The molecule has 0 radical (unpaired) electrons. The first-order chi connectivity index (χ1) is 19.1. The number of benzene rings is 3. The molecule has 206 valence electrons. The van der Waals surface area contributed by atoms with Crippen LogP contribution in [0.2, 0.25) is 0 Å². The van der Waals surface area contributed by atoms with Crippen LogP contribution in [0, 0.1) is 6.92 Å². The van der Waals surface area contributed by atoms with Gasteiger partial charge in [0.1, 0.15) is 11.5 Å². The van der Waals surface area contributed by atoms with Gasteiger partial charge in [-0.15, -0.1) is 13.2 Å². The number of phenolic OH excluding ortho intramolecular Hbond substituents is 1. The van der Waals surface area contributed by atoms with E-state index in [0.717, 1.165) is 41.8 Å². The molecule has 3 aromatic carbocycles. The Kier molecular flexibility index (Phi) is 7.20. The number of aromatic nitrogens is 2. The largest absolute Gasteiger partial charge is 0.573 e. The molecule has 3 N–H and O–H groups in total. The second kappa shape index (κ2) is 10.8. The lowest BCUT2D eigenvalue weighted by Crippen LogP contribution is -2.30. The first kappa shape index (κ1) is 26.8. The summed E-state index contributed by atoms with van der Waals surface area (Å²) < 4.78 is 42.2. The summed E-state index contributed by atoms with van der Waals surface area (Å²) >= 11 is 0. The highest BCUT2D eigenvalue weighted by Gasteiger charge is 2.32. The maximum atomic E-state index is 13.0. The van der Waals surface area contributed by atoms with Gasteiger partial charge in [0, 0.05) is 35.3 Å². The van der Waals surface area contributed by atoms with Crippen LogP contribution in [-0.4, -0.2) is 33.2 Å². The maximum absolute atomic E-state index is 13.0. The number of aryl methyl sites for hydroxylation is 1. The number of ether oxygens (including phenoxy) is 1. The smallest absolute Gasteiger partial charge is 0.507 e. The van der Waals surface area contributed by atoms with Gasteiger partial charge in [-0.1, -0.05) is 24.3 Å². The first-order valence-corrected chi connectivity index (χ1v) is 12.5. The number of halogens is 3. The van der Waals surface area contributed by atoms with Crippen molar-refractivity contribution in [3.05, 3.63) is 95.2 Å². The molecule has 0 aliphatic heterocycles. The summed E-state index contributed by atoms with van der Waals surface area (Å²) in [6.07, 6.45) is -2.95. The third-order valence-electron chi connectivity index (χ3n) is 6.50. The van der Waals surface area contributed by atoms with Gasteiger partial charge in [-0.3, -0.25) is 4.79 Å². The van der Waals surface area contributed by atoms with E-state index in [-0.39, 0.29) is 28.9 Å². The number of rotatable bonds is 7. The molecule has 1 fully saturated rings. The molecule has 11 heteroatoms. The topological polar surface area (TPSA) is 105 Å². The number of phenols is 1. The summed E-state index contributed by atoms with van der Waals surface area (Å²) in [4.78, 5) is 25.6. The molecule has 8 nitrogen and oxygen atoms in total. The molecule has 0 atom stereocenters. The molecule has 1 aromatic heterocycles. The van der Waals surface area contributed by atoms with Gasteiger partial charge in [0.15, 0.2) is 0 Å². The minimum atomic E-state index is -4.83. The number of nitrogens with zero attached hydrogens (tertiary/aromatic N) is 2. The Morgan fingerprint density at radius 3 is 2.42 bits per heavy atom. The van der Waals surface area contributed by atoms with Crippen LogP contribution in [0.4, 0.5) is 23.7 Å². The number of carbonyl (C=O) groups excluding carboxylic acids is 2. The molecule has 2 amide bonds. The quantitative estimate of drug-likeness (QED) is 0.249. The number of amides is 2. The molecule has 1 heterocycles. The van der Waals surface area contributed by atoms with Crippen LogP contribution in [0.25, 0.3) is 11.3 Å².